The zero-order chi connectivity index (χ0) is 34.4. The van der Waals surface area contributed by atoms with Gasteiger partial charge in [-0.2, -0.15) is 0 Å². The van der Waals surface area contributed by atoms with Crippen LogP contribution >= 0.6 is 0 Å². The van der Waals surface area contributed by atoms with Gasteiger partial charge in [0.25, 0.3) is 0 Å². The molecule has 9 heteroatoms. The summed E-state index contributed by atoms with van der Waals surface area (Å²) in [6.45, 7) is 1.49. The molecule has 0 radical (unpaired) electrons. The van der Waals surface area contributed by atoms with Crippen LogP contribution in [0.3, 0.4) is 0 Å². The molecule has 0 aliphatic heterocycles. The highest BCUT2D eigenvalue weighted by Crippen LogP contribution is 2.29. The maximum absolute atomic E-state index is 13.2. The van der Waals surface area contributed by atoms with E-state index in [4.69, 9.17) is 18.9 Å². The molecule has 0 aliphatic carbocycles. The van der Waals surface area contributed by atoms with E-state index >= 15 is 0 Å². The lowest BCUT2D eigenvalue weighted by Gasteiger charge is -2.10. The summed E-state index contributed by atoms with van der Waals surface area (Å²) >= 11 is 0. The number of hydrogen-bond acceptors (Lipinski definition) is 8. The third-order valence-electron chi connectivity index (χ3n) is 7.58. The molecule has 0 atom stereocenters. The van der Waals surface area contributed by atoms with Gasteiger partial charge in [0, 0.05) is 5.56 Å². The molecule has 0 heterocycles. The normalized spacial score (nSPS) is 11.0. The van der Waals surface area contributed by atoms with Gasteiger partial charge in [0.1, 0.15) is 34.5 Å². The zero-order valence-corrected chi connectivity index (χ0v) is 27.3. The third kappa shape index (κ3) is 7.86. The average Bonchev–Trinajstić information content (AvgIpc) is 3.13. The highest BCUT2D eigenvalue weighted by atomic mass is 32.2. The molecule has 6 rings (SSSR count). The Morgan fingerprint density at radius 2 is 0.796 bits per heavy atom. The van der Waals surface area contributed by atoms with E-state index in [1.807, 2.05) is 36.4 Å². The van der Waals surface area contributed by atoms with Crippen LogP contribution in [-0.4, -0.2) is 27.3 Å². The number of carbonyl (C=O) groups excluding carboxylic acids is 2. The average molecular weight is 671 g/mol. The smallest absolute Gasteiger partial charge is 0.343 e. The summed E-state index contributed by atoms with van der Waals surface area (Å²) in [5.41, 5.74) is 2.91. The number of methoxy groups -OCH3 is 1. The van der Waals surface area contributed by atoms with E-state index in [1.54, 1.807) is 92.0 Å². The van der Waals surface area contributed by atoms with Crippen molar-refractivity contribution in [2.75, 3.05) is 7.11 Å². The summed E-state index contributed by atoms with van der Waals surface area (Å²) in [7, 11) is -2.18. The maximum Gasteiger partial charge on any atom is 0.343 e. The van der Waals surface area contributed by atoms with Crippen molar-refractivity contribution in [1.82, 2.24) is 0 Å². The van der Waals surface area contributed by atoms with Crippen LogP contribution in [0.2, 0.25) is 0 Å². The fraction of sp³-hybridized carbons (Fsp3) is 0.0500. The number of esters is 1. The van der Waals surface area contributed by atoms with Crippen LogP contribution in [0.5, 0.6) is 34.5 Å². The molecular weight excluding hydrogens is 640 g/mol. The molecule has 0 fully saturated rings. The van der Waals surface area contributed by atoms with Crippen molar-refractivity contribution >= 4 is 21.6 Å². The second kappa shape index (κ2) is 14.3. The molecular formula is C40H30O8S. The van der Waals surface area contributed by atoms with Crippen molar-refractivity contribution in [2.45, 2.75) is 16.7 Å². The molecule has 0 saturated carbocycles. The molecule has 0 saturated heterocycles. The van der Waals surface area contributed by atoms with Crippen LogP contribution < -0.4 is 18.9 Å². The highest BCUT2D eigenvalue weighted by Gasteiger charge is 2.18. The molecule has 0 N–H and O–H groups in total. The summed E-state index contributed by atoms with van der Waals surface area (Å²) in [5.74, 6) is 2.50. The number of benzene rings is 6. The first-order valence-electron chi connectivity index (χ1n) is 15.2. The van der Waals surface area contributed by atoms with Gasteiger partial charge in [0.05, 0.1) is 22.5 Å². The van der Waals surface area contributed by atoms with Gasteiger partial charge in [-0.1, -0.05) is 24.3 Å². The van der Waals surface area contributed by atoms with Crippen LogP contribution in [0, 0.1) is 0 Å². The fourth-order valence-electron chi connectivity index (χ4n) is 4.86. The summed E-state index contributed by atoms with van der Waals surface area (Å²) in [4.78, 5) is 24.4. The van der Waals surface area contributed by atoms with Gasteiger partial charge in [-0.3, -0.25) is 4.79 Å². The number of carbonyl (C=O) groups is 2. The summed E-state index contributed by atoms with van der Waals surface area (Å²) in [6, 6.07) is 40.2. The quantitative estimate of drug-likeness (QED) is 0.0763. The van der Waals surface area contributed by atoms with E-state index in [-0.39, 0.29) is 15.6 Å². The van der Waals surface area contributed by atoms with Crippen molar-refractivity contribution in [1.29, 1.82) is 0 Å². The molecule has 0 amide bonds. The molecule has 0 spiro atoms. The fourth-order valence-corrected chi connectivity index (χ4v) is 6.12. The molecule has 0 aliphatic rings. The second-order valence-corrected chi connectivity index (χ2v) is 12.8. The van der Waals surface area contributed by atoms with Crippen molar-refractivity contribution in [2.24, 2.45) is 0 Å². The number of Topliss-reactive ketones (excluding diaryl/α,β-unsaturated/α-hetero) is 1. The monoisotopic (exact) mass is 670 g/mol. The number of sulfone groups is 1. The lowest BCUT2D eigenvalue weighted by Crippen LogP contribution is -2.08. The largest absolute Gasteiger partial charge is 0.497 e. The Morgan fingerprint density at radius 1 is 0.449 bits per heavy atom. The predicted molar refractivity (Wildman–Crippen MR) is 185 cm³/mol. The van der Waals surface area contributed by atoms with Crippen LogP contribution in [-0.2, 0) is 9.84 Å². The molecule has 244 valence electrons. The summed E-state index contributed by atoms with van der Waals surface area (Å²) < 4.78 is 48.9. The Hall–Kier alpha value is -6.19. The van der Waals surface area contributed by atoms with Gasteiger partial charge >= 0.3 is 5.97 Å². The number of ether oxygens (including phenoxy) is 4. The van der Waals surface area contributed by atoms with Gasteiger partial charge < -0.3 is 18.9 Å². The Morgan fingerprint density at radius 3 is 1.18 bits per heavy atom. The number of hydrogen-bond donors (Lipinski definition) is 0. The van der Waals surface area contributed by atoms with Crippen molar-refractivity contribution < 1.29 is 37.0 Å². The maximum atomic E-state index is 13.2. The Labute approximate surface area is 284 Å². The van der Waals surface area contributed by atoms with Crippen molar-refractivity contribution in [3.05, 3.63) is 157 Å². The SMILES string of the molecule is COc1ccc(-c2ccc(OC(=O)c3ccc(Oc4ccc(S(=O)(=O)c5ccc(Oc6ccc(C(C)=O)cc6)cc5)cc4)cc3)cc2)cc1. The van der Waals surface area contributed by atoms with E-state index in [2.05, 4.69) is 0 Å². The Balaban J connectivity index is 1.04. The first-order chi connectivity index (χ1) is 23.7. The van der Waals surface area contributed by atoms with E-state index < -0.39 is 15.8 Å². The third-order valence-corrected chi connectivity index (χ3v) is 9.36. The van der Waals surface area contributed by atoms with Crippen LogP contribution in [0.4, 0.5) is 0 Å². The highest BCUT2D eigenvalue weighted by molar-refractivity contribution is 7.91. The molecule has 0 aromatic heterocycles. The number of ketones is 1. The lowest BCUT2D eigenvalue weighted by atomic mass is 10.1. The minimum atomic E-state index is -3.80. The second-order valence-electron chi connectivity index (χ2n) is 10.9. The molecule has 6 aromatic carbocycles. The van der Waals surface area contributed by atoms with Gasteiger partial charge in [0.2, 0.25) is 9.84 Å². The van der Waals surface area contributed by atoms with Crippen LogP contribution in [0.25, 0.3) is 11.1 Å². The molecule has 6 aromatic rings. The first kappa shape index (κ1) is 32.7. The van der Waals surface area contributed by atoms with Gasteiger partial charge in [-0.25, -0.2) is 13.2 Å². The molecule has 8 nitrogen and oxygen atoms in total. The summed E-state index contributed by atoms with van der Waals surface area (Å²) in [6.07, 6.45) is 0. The van der Waals surface area contributed by atoms with Crippen LogP contribution in [0.15, 0.2) is 155 Å². The zero-order valence-electron chi connectivity index (χ0n) is 26.5. The minimum Gasteiger partial charge on any atom is -0.497 e. The standard InChI is InChI=1S/C40H30O8S/c1-27(41)28-3-13-33(14-4-28)46-35-19-23-38(24-20-35)49(43,44)39-25-21-36(22-26-39)47-34-17-9-31(10-18-34)40(42)48-37-15-7-30(8-16-37)29-5-11-32(45-2)12-6-29/h3-26H,1-2H3. The van der Waals surface area contributed by atoms with Crippen molar-refractivity contribution in [3.63, 3.8) is 0 Å². The lowest BCUT2D eigenvalue weighted by molar-refractivity contribution is 0.0734. The van der Waals surface area contributed by atoms with Crippen LogP contribution in [0.1, 0.15) is 27.6 Å². The molecule has 0 unspecified atom stereocenters. The minimum absolute atomic E-state index is 0.0425. The number of rotatable bonds is 11. The molecule has 49 heavy (non-hydrogen) atoms. The van der Waals surface area contributed by atoms with E-state index in [1.165, 1.54) is 31.2 Å². The predicted octanol–water partition coefficient (Wildman–Crippen LogP) is 9.20. The molecule has 0 bridgehead atoms. The Bertz CT molecular complexity index is 2170. The first-order valence-corrected chi connectivity index (χ1v) is 16.6. The Kier molecular flexibility index (Phi) is 9.55. The van der Waals surface area contributed by atoms with Gasteiger partial charge in [-0.05, 0) is 139 Å². The van der Waals surface area contributed by atoms with Gasteiger partial charge in [0.15, 0.2) is 5.78 Å². The van der Waals surface area contributed by atoms with Crippen molar-refractivity contribution in [3.8, 4) is 45.6 Å². The topological polar surface area (TPSA) is 105 Å². The van der Waals surface area contributed by atoms with E-state index in [0.29, 0.717) is 39.9 Å². The van der Waals surface area contributed by atoms with E-state index in [9.17, 15) is 18.0 Å². The van der Waals surface area contributed by atoms with E-state index in [0.717, 1.165) is 16.9 Å². The summed E-state index contributed by atoms with van der Waals surface area (Å²) in [5, 5.41) is 0. The van der Waals surface area contributed by atoms with Gasteiger partial charge in [-0.15, -0.1) is 0 Å².